The number of benzene rings is 2. The van der Waals surface area contributed by atoms with Crippen LogP contribution >= 0.6 is 0 Å². The summed E-state index contributed by atoms with van der Waals surface area (Å²) in [5.41, 5.74) is 4.40. The van der Waals surface area contributed by atoms with Gasteiger partial charge in [0.15, 0.2) is 0 Å². The van der Waals surface area contributed by atoms with E-state index in [2.05, 4.69) is 47.3 Å². The number of anilines is 1. The lowest BCUT2D eigenvalue weighted by molar-refractivity contribution is -0.116. The molecule has 26 heavy (non-hydrogen) atoms. The summed E-state index contributed by atoms with van der Waals surface area (Å²) in [6.45, 7) is 4.15. The summed E-state index contributed by atoms with van der Waals surface area (Å²) >= 11 is 0. The van der Waals surface area contributed by atoms with E-state index in [1.165, 1.54) is 16.7 Å². The molecule has 0 aliphatic carbocycles. The highest BCUT2D eigenvalue weighted by Crippen LogP contribution is 2.20. The lowest BCUT2D eigenvalue weighted by Crippen LogP contribution is -2.12. The van der Waals surface area contributed by atoms with Crippen molar-refractivity contribution in [3.05, 3.63) is 77.6 Å². The Morgan fingerprint density at radius 2 is 1.77 bits per heavy atom. The van der Waals surface area contributed by atoms with E-state index < -0.39 is 0 Å². The average molecular weight is 347 g/mol. The first-order chi connectivity index (χ1) is 12.6. The van der Waals surface area contributed by atoms with Crippen molar-refractivity contribution in [3.63, 3.8) is 0 Å². The van der Waals surface area contributed by atoms with Gasteiger partial charge >= 0.3 is 6.01 Å². The molecule has 0 saturated carbocycles. The number of aromatic nitrogens is 2. The van der Waals surface area contributed by atoms with E-state index in [9.17, 15) is 4.79 Å². The minimum absolute atomic E-state index is 0.00923. The van der Waals surface area contributed by atoms with Crippen LogP contribution in [0.5, 0.6) is 11.8 Å². The van der Waals surface area contributed by atoms with Crippen LogP contribution in [0.2, 0.25) is 0 Å². The van der Waals surface area contributed by atoms with Crippen molar-refractivity contribution in [1.82, 2.24) is 9.97 Å². The predicted molar refractivity (Wildman–Crippen MR) is 101 cm³/mol. The predicted octanol–water partition coefficient (Wildman–Crippen LogP) is 4.46. The van der Waals surface area contributed by atoms with E-state index in [1.807, 2.05) is 0 Å². The third-order valence-corrected chi connectivity index (χ3v) is 4.01. The number of carbonyl (C=O) groups excluding carboxylic acids is 1. The van der Waals surface area contributed by atoms with Crippen LogP contribution in [0.1, 0.15) is 23.1 Å². The van der Waals surface area contributed by atoms with E-state index in [0.29, 0.717) is 12.2 Å². The van der Waals surface area contributed by atoms with Crippen LogP contribution in [-0.4, -0.2) is 15.9 Å². The Labute approximate surface area is 153 Å². The molecule has 1 aromatic heterocycles. The molecule has 5 heteroatoms. The van der Waals surface area contributed by atoms with Gasteiger partial charge in [0.05, 0.1) is 0 Å². The van der Waals surface area contributed by atoms with Crippen LogP contribution < -0.4 is 10.1 Å². The first kappa shape index (κ1) is 17.6. The van der Waals surface area contributed by atoms with Crippen LogP contribution in [0.3, 0.4) is 0 Å². The zero-order valence-corrected chi connectivity index (χ0v) is 14.9. The quantitative estimate of drug-likeness (QED) is 0.715. The Hall–Kier alpha value is -3.21. The first-order valence-corrected chi connectivity index (χ1v) is 8.51. The smallest absolute Gasteiger partial charge is 0.321 e. The summed E-state index contributed by atoms with van der Waals surface area (Å²) < 4.78 is 5.53. The van der Waals surface area contributed by atoms with Gasteiger partial charge in [0.25, 0.3) is 0 Å². The highest BCUT2D eigenvalue weighted by atomic mass is 16.5. The average Bonchev–Trinajstić information content (AvgIpc) is 2.63. The number of nitrogens with one attached hydrogen (secondary N) is 1. The van der Waals surface area contributed by atoms with Gasteiger partial charge in [-0.05, 0) is 61.7 Å². The van der Waals surface area contributed by atoms with Crippen LogP contribution in [0, 0.1) is 13.8 Å². The fourth-order valence-corrected chi connectivity index (χ4v) is 2.65. The van der Waals surface area contributed by atoms with Gasteiger partial charge in [-0.2, -0.15) is 0 Å². The molecule has 132 valence electrons. The molecular weight excluding hydrogens is 326 g/mol. The standard InChI is InChI=1S/C21H21N3O2/c1-15-4-5-17(16(2)14-15)6-11-20(25)24-18-7-9-19(10-8-18)26-21-22-12-3-13-23-21/h3-5,7-10,12-14H,6,11H2,1-2H3,(H,24,25). The van der Waals surface area contributed by atoms with Crippen LogP contribution in [0.25, 0.3) is 0 Å². The van der Waals surface area contributed by atoms with Crippen molar-refractivity contribution in [2.45, 2.75) is 26.7 Å². The molecule has 3 rings (SSSR count). The van der Waals surface area contributed by atoms with E-state index in [0.717, 1.165) is 12.1 Å². The van der Waals surface area contributed by atoms with Gasteiger partial charge in [-0.1, -0.05) is 23.8 Å². The second kappa shape index (κ2) is 8.25. The summed E-state index contributed by atoms with van der Waals surface area (Å²) in [6, 6.07) is 15.5. The van der Waals surface area contributed by atoms with Gasteiger partial charge in [-0.15, -0.1) is 0 Å². The molecule has 0 aliphatic rings. The summed E-state index contributed by atoms with van der Waals surface area (Å²) in [5, 5.41) is 2.91. The second-order valence-electron chi connectivity index (χ2n) is 6.14. The van der Waals surface area contributed by atoms with Gasteiger partial charge in [0.2, 0.25) is 5.91 Å². The molecule has 0 radical (unpaired) electrons. The largest absolute Gasteiger partial charge is 0.424 e. The fourth-order valence-electron chi connectivity index (χ4n) is 2.65. The van der Waals surface area contributed by atoms with Gasteiger partial charge in [0, 0.05) is 24.5 Å². The number of nitrogens with zero attached hydrogens (tertiary/aromatic N) is 2. The SMILES string of the molecule is Cc1ccc(CCC(=O)Nc2ccc(Oc3ncccn3)cc2)c(C)c1. The van der Waals surface area contributed by atoms with Crippen LogP contribution in [0.15, 0.2) is 60.9 Å². The minimum atomic E-state index is -0.00923. The number of amides is 1. The zero-order valence-electron chi connectivity index (χ0n) is 14.9. The third-order valence-electron chi connectivity index (χ3n) is 4.01. The molecule has 0 aliphatic heterocycles. The lowest BCUT2D eigenvalue weighted by Gasteiger charge is -2.09. The zero-order chi connectivity index (χ0) is 18.4. The molecule has 1 amide bonds. The van der Waals surface area contributed by atoms with Gasteiger partial charge in [-0.3, -0.25) is 4.79 Å². The van der Waals surface area contributed by atoms with E-state index in [4.69, 9.17) is 4.74 Å². The molecule has 0 spiro atoms. The number of hydrogen-bond donors (Lipinski definition) is 1. The topological polar surface area (TPSA) is 64.1 Å². The summed E-state index contributed by atoms with van der Waals surface area (Å²) in [4.78, 5) is 20.2. The van der Waals surface area contributed by atoms with E-state index in [1.54, 1.807) is 42.7 Å². The lowest BCUT2D eigenvalue weighted by atomic mass is 10.0. The van der Waals surface area contributed by atoms with Crippen molar-refractivity contribution < 1.29 is 9.53 Å². The second-order valence-corrected chi connectivity index (χ2v) is 6.14. The normalized spacial score (nSPS) is 10.4. The van der Waals surface area contributed by atoms with Crippen molar-refractivity contribution in [1.29, 1.82) is 0 Å². The molecular formula is C21H21N3O2. The summed E-state index contributed by atoms with van der Waals surface area (Å²) in [6.07, 6.45) is 4.41. The highest BCUT2D eigenvalue weighted by molar-refractivity contribution is 5.90. The number of carbonyl (C=O) groups is 1. The molecule has 0 saturated heterocycles. The van der Waals surface area contributed by atoms with Crippen molar-refractivity contribution in [2.24, 2.45) is 0 Å². The molecule has 0 atom stereocenters. The molecule has 2 aromatic carbocycles. The number of aryl methyl sites for hydroxylation is 3. The number of rotatable bonds is 6. The maximum Gasteiger partial charge on any atom is 0.321 e. The van der Waals surface area contributed by atoms with Crippen LogP contribution in [-0.2, 0) is 11.2 Å². The van der Waals surface area contributed by atoms with Gasteiger partial charge in [0.1, 0.15) is 5.75 Å². The number of hydrogen-bond acceptors (Lipinski definition) is 4. The first-order valence-electron chi connectivity index (χ1n) is 8.51. The van der Waals surface area contributed by atoms with Crippen molar-refractivity contribution in [2.75, 3.05) is 5.32 Å². The summed E-state index contributed by atoms with van der Waals surface area (Å²) in [5.74, 6) is 0.606. The molecule has 5 nitrogen and oxygen atoms in total. The summed E-state index contributed by atoms with van der Waals surface area (Å²) in [7, 11) is 0. The maximum absolute atomic E-state index is 12.2. The third kappa shape index (κ3) is 4.89. The van der Waals surface area contributed by atoms with Crippen LogP contribution in [0.4, 0.5) is 5.69 Å². The molecule has 3 aromatic rings. The molecule has 1 heterocycles. The molecule has 0 bridgehead atoms. The Morgan fingerprint density at radius 1 is 1.04 bits per heavy atom. The van der Waals surface area contributed by atoms with E-state index in [-0.39, 0.29) is 11.9 Å². The Balaban J connectivity index is 1.52. The Kier molecular flexibility index (Phi) is 5.59. The Morgan fingerprint density at radius 3 is 2.46 bits per heavy atom. The maximum atomic E-state index is 12.2. The number of ether oxygens (including phenoxy) is 1. The Bertz CT molecular complexity index is 878. The minimum Gasteiger partial charge on any atom is -0.424 e. The monoisotopic (exact) mass is 347 g/mol. The van der Waals surface area contributed by atoms with E-state index >= 15 is 0 Å². The fraction of sp³-hybridized carbons (Fsp3) is 0.190. The van der Waals surface area contributed by atoms with Gasteiger partial charge < -0.3 is 10.1 Å². The highest BCUT2D eigenvalue weighted by Gasteiger charge is 2.06. The van der Waals surface area contributed by atoms with Gasteiger partial charge in [-0.25, -0.2) is 9.97 Å². The molecule has 0 unspecified atom stereocenters. The molecule has 1 N–H and O–H groups in total. The van der Waals surface area contributed by atoms with Crippen molar-refractivity contribution in [3.8, 4) is 11.8 Å². The van der Waals surface area contributed by atoms with Crippen molar-refractivity contribution >= 4 is 11.6 Å². The molecule has 0 fully saturated rings.